The third-order valence-corrected chi connectivity index (χ3v) is 8.87. The Morgan fingerprint density at radius 3 is 2.68 bits per heavy atom. The number of benzene rings is 1. The van der Waals surface area contributed by atoms with E-state index in [2.05, 4.69) is 80.7 Å². The van der Waals surface area contributed by atoms with Gasteiger partial charge in [-0.05, 0) is 35.2 Å². The molecule has 0 bridgehead atoms. The summed E-state index contributed by atoms with van der Waals surface area (Å²) in [5.41, 5.74) is 6.03. The van der Waals surface area contributed by atoms with Crippen molar-refractivity contribution in [1.82, 2.24) is 0 Å². The summed E-state index contributed by atoms with van der Waals surface area (Å²) in [4.78, 5) is 0. The Morgan fingerprint density at radius 1 is 1.09 bits per heavy atom. The van der Waals surface area contributed by atoms with Gasteiger partial charge in [-0.3, -0.25) is 0 Å². The fourth-order valence-electron chi connectivity index (χ4n) is 4.13. The lowest BCUT2D eigenvalue weighted by molar-refractivity contribution is 1.05. The predicted octanol–water partition coefficient (Wildman–Crippen LogP) is 5.73. The van der Waals surface area contributed by atoms with Gasteiger partial charge in [0.1, 0.15) is 8.07 Å². The van der Waals surface area contributed by atoms with Crippen molar-refractivity contribution in [3.8, 4) is 0 Å². The zero-order valence-electron chi connectivity index (χ0n) is 13.6. The topological polar surface area (TPSA) is 0 Å². The average Bonchev–Trinajstić information content (AvgIpc) is 3.09. The molecule has 0 fully saturated rings. The van der Waals surface area contributed by atoms with E-state index in [1.807, 2.05) is 0 Å². The minimum absolute atomic E-state index is 0.468. The van der Waals surface area contributed by atoms with Gasteiger partial charge in [-0.2, -0.15) is 0 Å². The average molecular weight is 302 g/mol. The highest BCUT2D eigenvalue weighted by molar-refractivity contribution is 7.01. The zero-order valence-corrected chi connectivity index (χ0v) is 14.6. The van der Waals surface area contributed by atoms with Crippen LogP contribution in [0.1, 0.15) is 30.4 Å². The van der Waals surface area contributed by atoms with E-state index in [1.54, 1.807) is 16.0 Å². The second-order valence-electron chi connectivity index (χ2n) is 7.12. The molecular formula is C21H22Si. The zero-order chi connectivity index (χ0) is 15.3. The molecule has 110 valence electrons. The van der Waals surface area contributed by atoms with Crippen LogP contribution in [-0.4, -0.2) is 8.07 Å². The van der Waals surface area contributed by atoms with E-state index in [0.29, 0.717) is 5.92 Å². The summed E-state index contributed by atoms with van der Waals surface area (Å²) in [5, 5.41) is 3.25. The molecule has 0 aliphatic heterocycles. The van der Waals surface area contributed by atoms with E-state index >= 15 is 0 Å². The number of fused-ring (bicyclic) bond motifs is 3. The van der Waals surface area contributed by atoms with E-state index in [1.165, 1.54) is 16.7 Å². The van der Waals surface area contributed by atoms with Gasteiger partial charge in [0.2, 0.25) is 0 Å². The maximum atomic E-state index is 2.52. The predicted molar refractivity (Wildman–Crippen MR) is 98.3 cm³/mol. The molecule has 0 saturated carbocycles. The number of allylic oxidation sites excluding steroid dienone is 9. The van der Waals surface area contributed by atoms with Crippen LogP contribution in [0.2, 0.25) is 13.1 Å². The smallest absolute Gasteiger partial charge is 0.0808 e. The van der Waals surface area contributed by atoms with Crippen LogP contribution in [0.15, 0.2) is 77.1 Å². The minimum Gasteiger partial charge on any atom is -0.0808 e. The molecule has 1 unspecified atom stereocenters. The molecule has 0 N–H and O–H groups in total. The van der Waals surface area contributed by atoms with E-state index < -0.39 is 8.07 Å². The van der Waals surface area contributed by atoms with Crippen LogP contribution in [0.5, 0.6) is 0 Å². The molecule has 1 aromatic rings. The normalized spacial score (nSPS) is 22.6. The lowest BCUT2D eigenvalue weighted by Crippen LogP contribution is -2.30. The maximum absolute atomic E-state index is 2.52. The molecule has 0 nitrogen and oxygen atoms in total. The van der Waals surface area contributed by atoms with Crippen molar-refractivity contribution in [2.24, 2.45) is 0 Å². The second-order valence-corrected chi connectivity index (χ2v) is 11.4. The minimum atomic E-state index is -1.66. The molecule has 0 saturated heterocycles. The first-order valence-corrected chi connectivity index (χ1v) is 11.2. The van der Waals surface area contributed by atoms with Gasteiger partial charge in [-0.15, -0.1) is 0 Å². The van der Waals surface area contributed by atoms with Gasteiger partial charge in [0.25, 0.3) is 0 Å². The van der Waals surface area contributed by atoms with Crippen LogP contribution in [0.25, 0.3) is 5.20 Å². The Balaban J connectivity index is 1.93. The highest BCUT2D eigenvalue weighted by Crippen LogP contribution is 2.50. The van der Waals surface area contributed by atoms with Gasteiger partial charge < -0.3 is 0 Å². The fraction of sp³-hybridized carbons (Fsp3) is 0.238. The van der Waals surface area contributed by atoms with Crippen LogP contribution in [-0.2, 0) is 0 Å². The molecule has 22 heavy (non-hydrogen) atoms. The fourth-order valence-corrected chi connectivity index (χ4v) is 7.50. The molecule has 0 amide bonds. The molecule has 0 heterocycles. The van der Waals surface area contributed by atoms with Gasteiger partial charge in [0.15, 0.2) is 0 Å². The van der Waals surface area contributed by atoms with Gasteiger partial charge >= 0.3 is 0 Å². The summed E-state index contributed by atoms with van der Waals surface area (Å²) in [6.07, 6.45) is 15.1. The van der Waals surface area contributed by atoms with Gasteiger partial charge in [0, 0.05) is 5.92 Å². The molecule has 3 aliphatic rings. The molecule has 4 rings (SSSR count). The lowest BCUT2D eigenvalue weighted by atomic mass is 9.93. The van der Waals surface area contributed by atoms with E-state index in [0.717, 1.165) is 6.42 Å². The first-order valence-electron chi connectivity index (χ1n) is 8.15. The van der Waals surface area contributed by atoms with Gasteiger partial charge in [0.05, 0.1) is 0 Å². The SMILES string of the molecule is CC1=CC([Si](C)(C)C2=C3C=CC=CC3c3ccccc32)=CC1. The quantitative estimate of drug-likeness (QED) is 0.612. The Morgan fingerprint density at radius 2 is 1.91 bits per heavy atom. The first kappa shape index (κ1) is 13.8. The Labute approximate surface area is 134 Å². The summed E-state index contributed by atoms with van der Waals surface area (Å²) < 4.78 is 0. The van der Waals surface area contributed by atoms with E-state index in [9.17, 15) is 0 Å². The number of hydrogen-bond donors (Lipinski definition) is 0. The summed E-state index contributed by atoms with van der Waals surface area (Å²) in [5.74, 6) is 0.468. The number of rotatable bonds is 2. The van der Waals surface area contributed by atoms with Crippen LogP contribution in [0, 0.1) is 0 Å². The molecule has 1 heteroatoms. The molecule has 1 atom stereocenters. The Bertz CT molecular complexity index is 797. The van der Waals surface area contributed by atoms with Crippen molar-refractivity contribution >= 4 is 13.3 Å². The standard InChI is InChI=1S/C21H22Si/c1-15-12-13-16(14-15)22(2,3)21-19-10-6-4-8-17(19)18-9-5-7-11-20(18)21/h4-11,13-14,17H,12H2,1-3H3. The Hall–Kier alpha value is -1.86. The molecular weight excluding hydrogens is 280 g/mol. The largest absolute Gasteiger partial charge is 0.113 e. The van der Waals surface area contributed by atoms with Crippen molar-refractivity contribution < 1.29 is 0 Å². The maximum Gasteiger partial charge on any atom is 0.113 e. The highest BCUT2D eigenvalue weighted by atomic mass is 28.3. The van der Waals surface area contributed by atoms with Crippen LogP contribution < -0.4 is 0 Å². The monoisotopic (exact) mass is 302 g/mol. The van der Waals surface area contributed by atoms with Crippen LogP contribution in [0.4, 0.5) is 0 Å². The number of hydrogen-bond acceptors (Lipinski definition) is 0. The van der Waals surface area contributed by atoms with Crippen molar-refractivity contribution in [3.05, 3.63) is 88.2 Å². The van der Waals surface area contributed by atoms with E-state index in [4.69, 9.17) is 0 Å². The third-order valence-electron chi connectivity index (χ3n) is 5.27. The third kappa shape index (κ3) is 1.89. The van der Waals surface area contributed by atoms with Gasteiger partial charge in [-0.1, -0.05) is 84.6 Å². The van der Waals surface area contributed by atoms with Crippen molar-refractivity contribution in [2.45, 2.75) is 32.4 Å². The summed E-state index contributed by atoms with van der Waals surface area (Å²) in [7, 11) is -1.66. The van der Waals surface area contributed by atoms with Crippen LogP contribution >= 0.6 is 0 Å². The summed E-state index contributed by atoms with van der Waals surface area (Å²) >= 11 is 0. The Kier molecular flexibility index (Phi) is 3.02. The molecule has 0 aromatic heterocycles. The molecule has 3 aliphatic carbocycles. The summed E-state index contributed by atoms with van der Waals surface area (Å²) in [6.45, 7) is 7.28. The van der Waals surface area contributed by atoms with Crippen molar-refractivity contribution in [2.75, 3.05) is 0 Å². The van der Waals surface area contributed by atoms with Crippen molar-refractivity contribution in [3.63, 3.8) is 0 Å². The lowest BCUT2D eigenvalue weighted by Gasteiger charge is -2.27. The molecule has 1 aromatic carbocycles. The first-order chi connectivity index (χ1) is 10.6. The molecule has 0 spiro atoms. The molecule has 0 radical (unpaired) electrons. The van der Waals surface area contributed by atoms with E-state index in [-0.39, 0.29) is 0 Å². The van der Waals surface area contributed by atoms with Crippen LogP contribution in [0.3, 0.4) is 0 Å². The van der Waals surface area contributed by atoms with Crippen molar-refractivity contribution in [1.29, 1.82) is 0 Å². The second kappa shape index (κ2) is 4.82. The highest BCUT2D eigenvalue weighted by Gasteiger charge is 2.40. The van der Waals surface area contributed by atoms with Gasteiger partial charge in [-0.25, -0.2) is 0 Å². The summed E-state index contributed by atoms with van der Waals surface area (Å²) in [6, 6.07) is 9.02.